The number of nitrogens with zero attached hydrogens (tertiary/aromatic N) is 2. The van der Waals surface area contributed by atoms with E-state index in [9.17, 15) is 30.0 Å². The highest BCUT2D eigenvalue weighted by Crippen LogP contribution is 2.29. The maximum Gasteiger partial charge on any atom is 0.416 e. The van der Waals surface area contributed by atoms with Crippen LogP contribution in [-0.2, 0) is 26.2 Å². The first-order valence-electron chi connectivity index (χ1n) is 9.11. The zero-order valence-corrected chi connectivity index (χ0v) is 18.8. The predicted molar refractivity (Wildman–Crippen MR) is 109 cm³/mol. The standard InChI is InChI=1S/C18H23F3N4O4S2/c1-12(2)25(13(3)4)31(28,29)16-9-10-17(22-11-16)23-24-30(26,27)15-7-5-14(6-8-15)18(19,20)21/h5-13,24H,1-4H3,(H,22,23). The van der Waals surface area contributed by atoms with Crippen molar-refractivity contribution < 1.29 is 30.0 Å². The second-order valence-electron chi connectivity index (χ2n) is 7.15. The molecule has 0 radical (unpaired) electrons. The van der Waals surface area contributed by atoms with Crippen LogP contribution in [-0.4, -0.2) is 38.2 Å². The van der Waals surface area contributed by atoms with E-state index in [1.54, 1.807) is 27.7 Å². The average molecular weight is 481 g/mol. The normalized spacial score (nSPS) is 13.2. The lowest BCUT2D eigenvalue weighted by atomic mass is 10.2. The largest absolute Gasteiger partial charge is 0.416 e. The van der Waals surface area contributed by atoms with Gasteiger partial charge in [-0.3, -0.25) is 5.43 Å². The summed E-state index contributed by atoms with van der Waals surface area (Å²) in [6, 6.07) is 4.93. The Bertz CT molecular complexity index is 1090. The second-order valence-corrected chi connectivity index (χ2v) is 10.7. The van der Waals surface area contributed by atoms with Crippen LogP contribution in [0.4, 0.5) is 19.0 Å². The quantitative estimate of drug-likeness (QED) is 0.562. The molecule has 0 spiro atoms. The molecule has 1 heterocycles. The number of sulfonamides is 2. The fourth-order valence-corrected chi connectivity index (χ4v) is 5.51. The van der Waals surface area contributed by atoms with E-state index in [1.807, 2.05) is 4.83 Å². The van der Waals surface area contributed by atoms with E-state index in [0.717, 1.165) is 18.3 Å². The van der Waals surface area contributed by atoms with Crippen LogP contribution in [0.3, 0.4) is 0 Å². The molecule has 0 aliphatic heterocycles. The van der Waals surface area contributed by atoms with Gasteiger partial charge in [-0.15, -0.1) is 4.83 Å². The van der Waals surface area contributed by atoms with Crippen LogP contribution in [0.1, 0.15) is 33.3 Å². The molecule has 8 nitrogen and oxygen atoms in total. The summed E-state index contributed by atoms with van der Waals surface area (Å²) < 4.78 is 89.2. The number of alkyl halides is 3. The van der Waals surface area contributed by atoms with E-state index in [-0.39, 0.29) is 22.8 Å². The summed E-state index contributed by atoms with van der Waals surface area (Å²) >= 11 is 0. The van der Waals surface area contributed by atoms with Crippen molar-refractivity contribution in [3.63, 3.8) is 0 Å². The van der Waals surface area contributed by atoms with Crippen molar-refractivity contribution in [1.29, 1.82) is 0 Å². The highest BCUT2D eigenvalue weighted by atomic mass is 32.2. The average Bonchev–Trinajstić information content (AvgIpc) is 2.65. The van der Waals surface area contributed by atoms with Crippen LogP contribution in [0.5, 0.6) is 0 Å². The number of aromatic nitrogens is 1. The minimum atomic E-state index is -4.58. The summed E-state index contributed by atoms with van der Waals surface area (Å²) in [6.45, 7) is 6.99. The molecule has 0 aliphatic rings. The van der Waals surface area contributed by atoms with Gasteiger partial charge in [0, 0.05) is 18.3 Å². The van der Waals surface area contributed by atoms with Crippen LogP contribution < -0.4 is 10.3 Å². The molecule has 1 aromatic carbocycles. The molecule has 13 heteroatoms. The summed E-state index contributed by atoms with van der Waals surface area (Å²) in [6.07, 6.45) is -3.50. The number of nitrogens with one attached hydrogen (secondary N) is 2. The number of hydrogen-bond donors (Lipinski definition) is 2. The number of halogens is 3. The van der Waals surface area contributed by atoms with E-state index in [0.29, 0.717) is 12.1 Å². The summed E-state index contributed by atoms with van der Waals surface area (Å²) in [5.74, 6) is -0.00456. The molecule has 2 rings (SSSR count). The molecule has 31 heavy (non-hydrogen) atoms. The van der Waals surface area contributed by atoms with Gasteiger partial charge < -0.3 is 0 Å². The molecule has 2 aromatic rings. The summed E-state index contributed by atoms with van der Waals surface area (Å²) in [4.78, 5) is 5.43. The van der Waals surface area contributed by atoms with Crippen LogP contribution in [0.2, 0.25) is 0 Å². The minimum Gasteiger partial charge on any atom is -0.292 e. The molecule has 0 amide bonds. The highest BCUT2D eigenvalue weighted by molar-refractivity contribution is 7.89. The van der Waals surface area contributed by atoms with E-state index < -0.39 is 36.7 Å². The number of benzene rings is 1. The lowest BCUT2D eigenvalue weighted by molar-refractivity contribution is -0.137. The summed E-state index contributed by atoms with van der Waals surface area (Å²) in [7, 11) is -8.00. The van der Waals surface area contributed by atoms with Gasteiger partial charge >= 0.3 is 6.18 Å². The Labute approximate surface area is 179 Å². The topological polar surface area (TPSA) is 108 Å². The first kappa shape index (κ1) is 25.0. The van der Waals surface area contributed by atoms with Gasteiger partial charge in [0.1, 0.15) is 10.7 Å². The molecule has 0 aliphatic carbocycles. The minimum absolute atomic E-state index is 0.00456. The predicted octanol–water partition coefficient (Wildman–Crippen LogP) is 3.21. The molecule has 1 aromatic heterocycles. The van der Waals surface area contributed by atoms with E-state index in [2.05, 4.69) is 10.4 Å². The van der Waals surface area contributed by atoms with Crippen molar-refractivity contribution in [1.82, 2.24) is 14.1 Å². The Morgan fingerprint density at radius 1 is 0.871 bits per heavy atom. The lowest BCUT2D eigenvalue weighted by Crippen LogP contribution is -2.41. The number of pyridine rings is 1. The maximum atomic E-state index is 12.8. The van der Waals surface area contributed by atoms with Crippen LogP contribution >= 0.6 is 0 Å². The number of hydrazine groups is 1. The van der Waals surface area contributed by atoms with Gasteiger partial charge in [-0.05, 0) is 64.1 Å². The van der Waals surface area contributed by atoms with Crippen LogP contribution in [0.25, 0.3) is 0 Å². The fourth-order valence-electron chi connectivity index (χ4n) is 2.88. The van der Waals surface area contributed by atoms with E-state index in [4.69, 9.17) is 0 Å². The lowest BCUT2D eigenvalue weighted by Gasteiger charge is -2.29. The molecule has 0 saturated carbocycles. The zero-order chi connectivity index (χ0) is 23.6. The number of anilines is 1. The number of hydrogen-bond acceptors (Lipinski definition) is 6. The van der Waals surface area contributed by atoms with Crippen molar-refractivity contribution in [2.45, 2.75) is 55.7 Å². The van der Waals surface area contributed by atoms with Gasteiger partial charge in [-0.25, -0.2) is 21.8 Å². The van der Waals surface area contributed by atoms with Crippen LogP contribution in [0.15, 0.2) is 52.4 Å². The fraction of sp³-hybridized carbons (Fsp3) is 0.389. The van der Waals surface area contributed by atoms with Crippen molar-refractivity contribution in [2.24, 2.45) is 0 Å². The molecule has 0 saturated heterocycles. The molecular formula is C18H23F3N4O4S2. The third-order valence-corrected chi connectivity index (χ3v) is 7.63. The summed E-state index contributed by atoms with van der Waals surface area (Å²) in [5, 5.41) is 0. The van der Waals surface area contributed by atoms with Crippen LogP contribution in [0, 0.1) is 0 Å². The molecule has 172 valence electrons. The van der Waals surface area contributed by atoms with Gasteiger partial charge in [0.25, 0.3) is 10.0 Å². The Hall–Kier alpha value is -2.22. The first-order valence-corrected chi connectivity index (χ1v) is 12.0. The maximum absolute atomic E-state index is 12.8. The zero-order valence-electron chi connectivity index (χ0n) is 17.2. The van der Waals surface area contributed by atoms with Gasteiger partial charge in [-0.2, -0.15) is 17.5 Å². The van der Waals surface area contributed by atoms with E-state index in [1.165, 1.54) is 16.4 Å². The van der Waals surface area contributed by atoms with Crippen molar-refractivity contribution in [2.75, 3.05) is 5.43 Å². The third kappa shape index (κ3) is 5.93. The van der Waals surface area contributed by atoms with Crippen molar-refractivity contribution >= 4 is 25.9 Å². The molecule has 0 atom stereocenters. The number of rotatable bonds is 8. The summed E-state index contributed by atoms with van der Waals surface area (Å²) in [5.41, 5.74) is 1.32. The Balaban J connectivity index is 2.15. The van der Waals surface area contributed by atoms with E-state index >= 15 is 0 Å². The molecule has 0 fully saturated rings. The highest BCUT2D eigenvalue weighted by Gasteiger charge is 2.31. The SMILES string of the molecule is CC(C)N(C(C)C)S(=O)(=O)c1ccc(NNS(=O)(=O)c2ccc(C(F)(F)F)cc2)nc1. The smallest absolute Gasteiger partial charge is 0.292 e. The molecular weight excluding hydrogens is 457 g/mol. The molecule has 0 unspecified atom stereocenters. The van der Waals surface area contributed by atoms with Gasteiger partial charge in [0.05, 0.1) is 10.5 Å². The molecule has 2 N–H and O–H groups in total. The Morgan fingerprint density at radius 3 is 1.81 bits per heavy atom. The van der Waals surface area contributed by atoms with Gasteiger partial charge in [-0.1, -0.05) is 0 Å². The monoisotopic (exact) mass is 480 g/mol. The Morgan fingerprint density at radius 2 is 1.39 bits per heavy atom. The molecule has 0 bridgehead atoms. The first-order chi connectivity index (χ1) is 14.2. The Kier molecular flexibility index (Phi) is 7.35. The van der Waals surface area contributed by atoms with Gasteiger partial charge in [0.15, 0.2) is 0 Å². The third-order valence-electron chi connectivity index (χ3n) is 4.14. The van der Waals surface area contributed by atoms with Gasteiger partial charge in [0.2, 0.25) is 10.0 Å². The second kappa shape index (κ2) is 9.10. The van der Waals surface area contributed by atoms with Crippen molar-refractivity contribution in [3.8, 4) is 0 Å². The van der Waals surface area contributed by atoms with Crippen molar-refractivity contribution in [3.05, 3.63) is 48.2 Å².